The maximum absolute atomic E-state index is 12.3. The van der Waals surface area contributed by atoms with Crippen LogP contribution in [0.4, 0.5) is 5.82 Å². The lowest BCUT2D eigenvalue weighted by Crippen LogP contribution is -2.43. The number of rotatable bonds is 7. The van der Waals surface area contributed by atoms with Crippen molar-refractivity contribution in [2.24, 2.45) is 5.92 Å². The van der Waals surface area contributed by atoms with Crippen LogP contribution in [-0.4, -0.2) is 44.7 Å². The molecular formula is C16H24N4O2S. The summed E-state index contributed by atoms with van der Waals surface area (Å²) in [6.07, 6.45) is 1.91. The molecule has 1 N–H and O–H groups in total. The van der Waals surface area contributed by atoms with Crippen LogP contribution in [0.25, 0.3) is 0 Å². The van der Waals surface area contributed by atoms with Crippen molar-refractivity contribution < 1.29 is 9.59 Å². The van der Waals surface area contributed by atoms with E-state index in [1.807, 2.05) is 32.6 Å². The molecule has 1 aromatic rings. The Morgan fingerprint density at radius 1 is 1.22 bits per heavy atom. The first kappa shape index (κ1) is 17.7. The number of hydrogen-bond acceptors (Lipinski definition) is 5. The van der Waals surface area contributed by atoms with Crippen molar-refractivity contribution in [3.8, 4) is 0 Å². The summed E-state index contributed by atoms with van der Waals surface area (Å²) >= 11 is 1.36. The zero-order chi connectivity index (χ0) is 17.0. The van der Waals surface area contributed by atoms with E-state index in [1.165, 1.54) is 11.8 Å². The van der Waals surface area contributed by atoms with Crippen molar-refractivity contribution in [2.45, 2.75) is 57.6 Å². The van der Waals surface area contributed by atoms with E-state index >= 15 is 0 Å². The van der Waals surface area contributed by atoms with Gasteiger partial charge < -0.3 is 10.2 Å². The van der Waals surface area contributed by atoms with Crippen LogP contribution in [0.1, 0.15) is 40.5 Å². The van der Waals surface area contributed by atoms with E-state index in [4.69, 9.17) is 0 Å². The van der Waals surface area contributed by atoms with Crippen molar-refractivity contribution >= 4 is 29.4 Å². The highest BCUT2D eigenvalue weighted by Gasteiger charge is 2.29. The Morgan fingerprint density at radius 2 is 1.87 bits per heavy atom. The van der Waals surface area contributed by atoms with Crippen LogP contribution in [0.3, 0.4) is 0 Å². The first-order valence-electron chi connectivity index (χ1n) is 7.97. The smallest absolute Gasteiger partial charge is 0.233 e. The molecular weight excluding hydrogens is 312 g/mol. The summed E-state index contributed by atoms with van der Waals surface area (Å²) in [4.78, 5) is 25.8. The van der Waals surface area contributed by atoms with Crippen LogP contribution in [0, 0.1) is 5.92 Å². The molecule has 0 radical (unpaired) electrons. The van der Waals surface area contributed by atoms with Crippen LogP contribution in [0.15, 0.2) is 17.2 Å². The number of nitrogens with zero attached hydrogens (tertiary/aromatic N) is 3. The van der Waals surface area contributed by atoms with Gasteiger partial charge >= 0.3 is 0 Å². The van der Waals surface area contributed by atoms with Crippen molar-refractivity contribution in [2.75, 3.05) is 11.1 Å². The summed E-state index contributed by atoms with van der Waals surface area (Å²) in [5.74, 6) is 1.04. The Bertz CT molecular complexity index is 548. The molecule has 7 heteroatoms. The highest BCUT2D eigenvalue weighted by molar-refractivity contribution is 7.99. The van der Waals surface area contributed by atoms with Gasteiger partial charge in [-0.15, -0.1) is 10.2 Å². The largest absolute Gasteiger partial charge is 0.337 e. The number of nitrogens with one attached hydrogen (secondary N) is 1. The summed E-state index contributed by atoms with van der Waals surface area (Å²) in [5, 5.41) is 11.5. The average Bonchev–Trinajstić information content (AvgIpc) is 3.30. The Hall–Kier alpha value is -1.63. The number of amides is 2. The summed E-state index contributed by atoms with van der Waals surface area (Å²) < 4.78 is 0. The van der Waals surface area contributed by atoms with E-state index in [1.54, 1.807) is 12.1 Å². The Kier molecular flexibility index (Phi) is 5.98. The fraction of sp³-hybridized carbons (Fsp3) is 0.625. The van der Waals surface area contributed by atoms with Crippen LogP contribution in [-0.2, 0) is 9.59 Å². The first-order chi connectivity index (χ1) is 10.9. The van der Waals surface area contributed by atoms with Crippen LogP contribution >= 0.6 is 11.8 Å². The second kappa shape index (κ2) is 7.77. The normalized spacial score (nSPS) is 14.2. The molecule has 2 rings (SSSR count). The zero-order valence-electron chi connectivity index (χ0n) is 14.1. The van der Waals surface area contributed by atoms with Gasteiger partial charge in [0.05, 0.1) is 5.75 Å². The van der Waals surface area contributed by atoms with Crippen molar-refractivity contribution in [1.82, 2.24) is 15.1 Å². The summed E-state index contributed by atoms with van der Waals surface area (Å²) in [5.41, 5.74) is 0. The molecule has 1 aromatic heterocycles. The minimum Gasteiger partial charge on any atom is -0.337 e. The van der Waals surface area contributed by atoms with Gasteiger partial charge in [0.15, 0.2) is 5.82 Å². The molecule has 0 aliphatic heterocycles. The highest BCUT2D eigenvalue weighted by Crippen LogP contribution is 2.30. The molecule has 0 unspecified atom stereocenters. The van der Waals surface area contributed by atoms with E-state index in [9.17, 15) is 9.59 Å². The van der Waals surface area contributed by atoms with Gasteiger partial charge in [-0.25, -0.2) is 0 Å². The van der Waals surface area contributed by atoms with E-state index in [2.05, 4.69) is 15.5 Å². The summed E-state index contributed by atoms with van der Waals surface area (Å²) in [7, 11) is 0. The molecule has 1 fully saturated rings. The lowest BCUT2D eigenvalue weighted by atomic mass is 10.2. The molecule has 1 heterocycles. The van der Waals surface area contributed by atoms with Gasteiger partial charge in [-0.2, -0.15) is 0 Å². The quantitative estimate of drug-likeness (QED) is 0.775. The molecule has 1 aliphatic carbocycles. The first-order valence-corrected chi connectivity index (χ1v) is 8.95. The maximum Gasteiger partial charge on any atom is 0.233 e. The predicted molar refractivity (Wildman–Crippen MR) is 91.2 cm³/mol. The molecule has 0 saturated heterocycles. The Balaban J connectivity index is 1.85. The van der Waals surface area contributed by atoms with Gasteiger partial charge in [0.2, 0.25) is 11.8 Å². The molecule has 2 amide bonds. The van der Waals surface area contributed by atoms with Gasteiger partial charge in [-0.1, -0.05) is 11.8 Å². The minimum absolute atomic E-state index is 0.0133. The zero-order valence-corrected chi connectivity index (χ0v) is 14.9. The average molecular weight is 336 g/mol. The van der Waals surface area contributed by atoms with Crippen molar-refractivity contribution in [1.29, 1.82) is 0 Å². The SMILES string of the molecule is CC(C)N(C(=O)CSc1ccc(NC(=O)C2CC2)nn1)C(C)C. The highest BCUT2D eigenvalue weighted by atomic mass is 32.2. The number of thioether (sulfide) groups is 1. The molecule has 6 nitrogen and oxygen atoms in total. The Morgan fingerprint density at radius 3 is 2.35 bits per heavy atom. The minimum atomic E-state index is 0.0133. The molecule has 0 atom stereocenters. The Labute approximate surface area is 141 Å². The molecule has 0 aromatic carbocycles. The number of anilines is 1. The topological polar surface area (TPSA) is 75.2 Å². The van der Waals surface area contributed by atoms with E-state index in [0.717, 1.165) is 12.8 Å². The van der Waals surface area contributed by atoms with E-state index in [-0.39, 0.29) is 29.8 Å². The number of carbonyl (C=O) groups is 2. The second-order valence-electron chi connectivity index (χ2n) is 6.30. The predicted octanol–water partition coefficient (Wildman–Crippen LogP) is 2.56. The molecule has 1 aliphatic rings. The van der Waals surface area contributed by atoms with Crippen LogP contribution < -0.4 is 5.32 Å². The third-order valence-corrected chi connectivity index (χ3v) is 4.49. The fourth-order valence-electron chi connectivity index (χ4n) is 2.42. The third-order valence-electron chi connectivity index (χ3n) is 3.58. The van der Waals surface area contributed by atoms with Gasteiger partial charge in [-0.3, -0.25) is 9.59 Å². The second-order valence-corrected chi connectivity index (χ2v) is 7.29. The van der Waals surface area contributed by atoms with Gasteiger partial charge in [0, 0.05) is 18.0 Å². The monoisotopic (exact) mass is 336 g/mol. The van der Waals surface area contributed by atoms with Crippen LogP contribution in [0.5, 0.6) is 0 Å². The van der Waals surface area contributed by atoms with Gasteiger partial charge in [0.25, 0.3) is 0 Å². The lowest BCUT2D eigenvalue weighted by Gasteiger charge is -2.30. The maximum atomic E-state index is 12.3. The summed E-state index contributed by atoms with van der Waals surface area (Å²) in [6, 6.07) is 3.86. The number of carbonyl (C=O) groups excluding carboxylic acids is 2. The van der Waals surface area contributed by atoms with E-state index < -0.39 is 0 Å². The van der Waals surface area contributed by atoms with Crippen molar-refractivity contribution in [3.05, 3.63) is 12.1 Å². The number of hydrogen-bond donors (Lipinski definition) is 1. The summed E-state index contributed by atoms with van der Waals surface area (Å²) in [6.45, 7) is 8.05. The number of aromatic nitrogens is 2. The fourth-order valence-corrected chi connectivity index (χ4v) is 3.10. The van der Waals surface area contributed by atoms with Crippen molar-refractivity contribution in [3.63, 3.8) is 0 Å². The van der Waals surface area contributed by atoms with Crippen LogP contribution in [0.2, 0.25) is 0 Å². The van der Waals surface area contributed by atoms with E-state index in [0.29, 0.717) is 16.6 Å². The standard InChI is InChI=1S/C16H24N4O2S/c1-10(2)20(11(3)4)15(21)9-23-14-8-7-13(18-19-14)17-16(22)12-5-6-12/h7-8,10-12H,5-6,9H2,1-4H3,(H,17,18,22). The van der Waals surface area contributed by atoms with Gasteiger partial charge in [-0.05, 0) is 52.7 Å². The molecule has 1 saturated carbocycles. The molecule has 23 heavy (non-hydrogen) atoms. The third kappa shape index (κ3) is 5.20. The molecule has 126 valence electrons. The molecule has 0 spiro atoms. The lowest BCUT2D eigenvalue weighted by molar-refractivity contribution is -0.131. The molecule has 0 bridgehead atoms. The van der Waals surface area contributed by atoms with Gasteiger partial charge in [0.1, 0.15) is 5.03 Å².